The molecule has 1 atom stereocenters. The fourth-order valence-electron chi connectivity index (χ4n) is 1.16. The maximum absolute atomic E-state index is 11.5. The van der Waals surface area contributed by atoms with Crippen LogP contribution in [0.3, 0.4) is 0 Å². The van der Waals surface area contributed by atoms with Gasteiger partial charge in [-0.15, -0.1) is 0 Å². The van der Waals surface area contributed by atoms with Crippen LogP contribution in [-0.4, -0.2) is 18.6 Å². The Morgan fingerprint density at radius 3 is 2.84 bits per heavy atom. The molecule has 0 aliphatic carbocycles. The lowest BCUT2D eigenvalue weighted by molar-refractivity contribution is -0.134. The second kappa shape index (κ2) is 8.66. The highest BCUT2D eigenvalue weighted by Gasteiger charge is 2.14. The smallest absolute Gasteiger partial charge is 0.334 e. The van der Waals surface area contributed by atoms with Gasteiger partial charge in [-0.1, -0.05) is 28.8 Å². The van der Waals surface area contributed by atoms with Crippen LogP contribution in [0.1, 0.15) is 12.0 Å². The largest absolute Gasteiger partial charge is 0.390 e. The van der Waals surface area contributed by atoms with E-state index in [9.17, 15) is 4.79 Å². The lowest BCUT2D eigenvalue weighted by Gasteiger charge is -2.08. The van der Waals surface area contributed by atoms with Crippen molar-refractivity contribution in [1.29, 1.82) is 0 Å². The third-order valence-electron chi connectivity index (χ3n) is 2.19. The summed E-state index contributed by atoms with van der Waals surface area (Å²) < 4.78 is 4.95. The molecule has 0 spiro atoms. The van der Waals surface area contributed by atoms with Gasteiger partial charge in [-0.25, -0.2) is 4.79 Å². The number of rotatable bonds is 7. The molecular weight excluding hydrogens is 288 g/mol. The summed E-state index contributed by atoms with van der Waals surface area (Å²) in [7, 11) is 0. The fraction of sp³-hybridized carbons (Fsp3) is 0.364. The van der Waals surface area contributed by atoms with Crippen LogP contribution in [-0.2, 0) is 14.7 Å². The number of nitrogens with two attached hydrogens (primary N) is 1. The van der Waals surface area contributed by atoms with Crippen molar-refractivity contribution in [3.63, 3.8) is 0 Å². The average molecular weight is 301 g/mol. The molecule has 1 rings (SSSR count). The molecule has 0 aromatic heterocycles. The minimum atomic E-state index is -0.775. The third-order valence-corrected chi connectivity index (χ3v) is 3.17. The van der Waals surface area contributed by atoms with Crippen molar-refractivity contribution in [2.24, 2.45) is 10.8 Å². The quantitative estimate of drug-likeness (QED) is 0.362. The number of benzene rings is 1. The van der Waals surface area contributed by atoms with E-state index in [0.29, 0.717) is 10.8 Å². The summed E-state index contributed by atoms with van der Waals surface area (Å²) in [6.45, 7) is 0.175. The first-order chi connectivity index (χ1) is 9.13. The highest BCUT2D eigenvalue weighted by molar-refractivity contribution is 7.94. The standard InChI is InChI=1S/C11H13ClN4O2S/c12-9-3-1-8(2-4-9)7-19-18-11(17)10(13)5-6-15-16-14/h1-4,10H,5-7,13H2/t10-/m0/s1. The van der Waals surface area contributed by atoms with Gasteiger partial charge in [-0.3, -0.25) is 0 Å². The third kappa shape index (κ3) is 6.35. The SMILES string of the molecule is [N-]=[N+]=NCC[C@H](N)C(=O)OSCc1ccc(Cl)cc1. The van der Waals surface area contributed by atoms with Crippen LogP contribution in [0.4, 0.5) is 0 Å². The van der Waals surface area contributed by atoms with Gasteiger partial charge in [0.15, 0.2) is 0 Å². The molecule has 0 aliphatic heterocycles. The van der Waals surface area contributed by atoms with Gasteiger partial charge in [0.05, 0.1) is 17.8 Å². The van der Waals surface area contributed by atoms with Gasteiger partial charge in [0, 0.05) is 16.5 Å². The summed E-state index contributed by atoms with van der Waals surface area (Å²) >= 11 is 6.77. The summed E-state index contributed by atoms with van der Waals surface area (Å²) in [6, 6.07) is 6.47. The van der Waals surface area contributed by atoms with Gasteiger partial charge in [-0.2, -0.15) is 0 Å². The summed E-state index contributed by atoms with van der Waals surface area (Å²) in [6.07, 6.45) is 0.268. The van der Waals surface area contributed by atoms with Crippen molar-refractivity contribution in [3.8, 4) is 0 Å². The molecule has 6 nitrogen and oxygen atoms in total. The molecule has 0 unspecified atom stereocenters. The van der Waals surface area contributed by atoms with E-state index in [1.165, 1.54) is 0 Å². The Balaban J connectivity index is 2.26. The predicted molar refractivity (Wildman–Crippen MR) is 75.4 cm³/mol. The molecule has 0 saturated heterocycles. The van der Waals surface area contributed by atoms with E-state index >= 15 is 0 Å². The average Bonchev–Trinajstić information content (AvgIpc) is 2.41. The normalized spacial score (nSPS) is 11.5. The summed E-state index contributed by atoms with van der Waals surface area (Å²) in [4.78, 5) is 14.0. The van der Waals surface area contributed by atoms with E-state index < -0.39 is 12.0 Å². The first-order valence-electron chi connectivity index (χ1n) is 5.47. The number of carbonyl (C=O) groups is 1. The Kier molecular flexibility index (Phi) is 7.14. The fourth-order valence-corrected chi connectivity index (χ4v) is 1.91. The zero-order valence-corrected chi connectivity index (χ0v) is 11.6. The van der Waals surface area contributed by atoms with Gasteiger partial charge in [0.2, 0.25) is 0 Å². The van der Waals surface area contributed by atoms with Gasteiger partial charge < -0.3 is 9.92 Å². The maximum atomic E-state index is 11.5. The van der Waals surface area contributed by atoms with Gasteiger partial charge >= 0.3 is 5.97 Å². The zero-order chi connectivity index (χ0) is 14.1. The van der Waals surface area contributed by atoms with Crippen LogP contribution >= 0.6 is 23.6 Å². The van der Waals surface area contributed by atoms with Crippen LogP contribution in [0.25, 0.3) is 10.4 Å². The summed E-state index contributed by atoms with van der Waals surface area (Å²) in [5.74, 6) is -0.00138. The molecular formula is C11H13ClN4O2S. The van der Waals surface area contributed by atoms with Crippen LogP contribution in [0.2, 0.25) is 5.02 Å². The van der Waals surface area contributed by atoms with E-state index in [-0.39, 0.29) is 13.0 Å². The molecule has 1 aromatic rings. The molecule has 0 radical (unpaired) electrons. The molecule has 0 heterocycles. The lowest BCUT2D eigenvalue weighted by Crippen LogP contribution is -2.31. The molecule has 8 heteroatoms. The second-order valence-corrected chi connectivity index (χ2v) is 4.77. The molecule has 19 heavy (non-hydrogen) atoms. The van der Waals surface area contributed by atoms with E-state index in [0.717, 1.165) is 17.6 Å². The lowest BCUT2D eigenvalue weighted by atomic mass is 10.2. The minimum Gasteiger partial charge on any atom is -0.390 e. The molecule has 0 bridgehead atoms. The summed E-state index contributed by atoms with van der Waals surface area (Å²) in [5, 5.41) is 3.96. The Morgan fingerprint density at radius 1 is 1.53 bits per heavy atom. The first-order valence-corrected chi connectivity index (χ1v) is 6.76. The van der Waals surface area contributed by atoms with Crippen molar-refractivity contribution >= 4 is 29.6 Å². The first kappa shape index (κ1) is 15.7. The van der Waals surface area contributed by atoms with Crippen LogP contribution < -0.4 is 5.73 Å². The Bertz CT molecular complexity index is 462. The molecule has 0 fully saturated rings. The molecule has 102 valence electrons. The van der Waals surface area contributed by atoms with Crippen molar-refractivity contribution in [2.45, 2.75) is 18.2 Å². The summed E-state index contributed by atoms with van der Waals surface area (Å²) in [5.41, 5.74) is 14.7. The molecule has 1 aromatic carbocycles. The van der Waals surface area contributed by atoms with Crippen LogP contribution in [0, 0.1) is 0 Å². The monoisotopic (exact) mass is 300 g/mol. The Morgan fingerprint density at radius 2 is 2.21 bits per heavy atom. The van der Waals surface area contributed by atoms with Crippen molar-refractivity contribution < 1.29 is 8.98 Å². The maximum Gasteiger partial charge on any atom is 0.334 e. The van der Waals surface area contributed by atoms with E-state index in [1.807, 2.05) is 12.1 Å². The van der Waals surface area contributed by atoms with Crippen molar-refractivity contribution in [1.82, 2.24) is 0 Å². The zero-order valence-electron chi connectivity index (χ0n) is 10.0. The Labute approximate surface area is 120 Å². The highest BCUT2D eigenvalue weighted by atomic mass is 35.5. The predicted octanol–water partition coefficient (Wildman–Crippen LogP) is 3.06. The molecule has 0 aliphatic rings. The second-order valence-electron chi connectivity index (χ2n) is 3.64. The van der Waals surface area contributed by atoms with Crippen molar-refractivity contribution in [3.05, 3.63) is 45.3 Å². The van der Waals surface area contributed by atoms with Crippen LogP contribution in [0.15, 0.2) is 29.4 Å². The topological polar surface area (TPSA) is 101 Å². The van der Waals surface area contributed by atoms with Gasteiger partial charge in [0.1, 0.15) is 6.04 Å². The van der Waals surface area contributed by atoms with E-state index in [4.69, 9.17) is 27.0 Å². The van der Waals surface area contributed by atoms with Crippen molar-refractivity contribution in [2.75, 3.05) is 6.54 Å². The van der Waals surface area contributed by atoms with Gasteiger partial charge in [0.25, 0.3) is 0 Å². The number of nitrogens with zero attached hydrogens (tertiary/aromatic N) is 3. The van der Waals surface area contributed by atoms with E-state index in [2.05, 4.69) is 10.0 Å². The highest BCUT2D eigenvalue weighted by Crippen LogP contribution is 2.16. The number of hydrogen-bond donors (Lipinski definition) is 1. The molecule has 0 saturated carbocycles. The molecule has 0 amide bonds. The van der Waals surface area contributed by atoms with Gasteiger partial charge in [-0.05, 0) is 29.6 Å². The van der Waals surface area contributed by atoms with Crippen LogP contribution in [0.5, 0.6) is 0 Å². The number of hydrogen-bond acceptors (Lipinski definition) is 5. The van der Waals surface area contributed by atoms with E-state index in [1.54, 1.807) is 12.1 Å². The molecule has 2 N–H and O–H groups in total. The number of carbonyl (C=O) groups excluding carboxylic acids is 1. The Hall–Kier alpha value is -1.40. The number of halogens is 1. The number of azide groups is 1. The minimum absolute atomic E-state index is 0.175.